The Kier molecular flexibility index (Phi) is 17.2. The van der Waals surface area contributed by atoms with Crippen molar-refractivity contribution in [3.05, 3.63) is 205 Å². The number of fused-ring (bicyclic) bond motifs is 6. The molecule has 8 atom stereocenters. The Bertz CT molecular complexity index is 3840. The Balaban J connectivity index is 0.866. The van der Waals surface area contributed by atoms with E-state index in [1.165, 1.54) is 14.0 Å². The van der Waals surface area contributed by atoms with Gasteiger partial charge in [-0.25, -0.2) is 19.8 Å². The molecule has 0 unspecified atom stereocenters. The van der Waals surface area contributed by atoms with Crippen molar-refractivity contribution in [1.82, 2.24) is 5.32 Å². The minimum absolute atomic E-state index is 0.117. The van der Waals surface area contributed by atoms with Crippen LogP contribution >= 0.6 is 0 Å². The molecule has 89 heavy (non-hydrogen) atoms. The van der Waals surface area contributed by atoms with Crippen LogP contribution in [-0.4, -0.2) is 87.3 Å². The van der Waals surface area contributed by atoms with Gasteiger partial charge in [-0.15, -0.1) is 5.73 Å². The van der Waals surface area contributed by atoms with Crippen molar-refractivity contribution < 1.29 is 53.1 Å². The van der Waals surface area contributed by atoms with Crippen LogP contribution in [0, 0.1) is 28.6 Å². The highest BCUT2D eigenvalue weighted by atomic mass is 16.6. The van der Waals surface area contributed by atoms with Crippen LogP contribution in [0.25, 0.3) is 0 Å². The number of hydrogen-bond donors (Lipinski definition) is 3. The molecule has 0 amide bonds. The molecule has 3 N–H and O–H groups in total. The minimum atomic E-state index is -1.24. The van der Waals surface area contributed by atoms with Crippen molar-refractivity contribution in [3.63, 3.8) is 0 Å². The molecule has 10 rings (SSSR count). The van der Waals surface area contributed by atoms with Crippen LogP contribution in [0.2, 0.25) is 0 Å². The summed E-state index contributed by atoms with van der Waals surface area (Å²) in [5, 5.41) is 27.6. The van der Waals surface area contributed by atoms with Gasteiger partial charge in [0.2, 0.25) is 0 Å². The number of nitrogens with zero attached hydrogens (tertiary/aromatic N) is 3. The second-order valence-corrected chi connectivity index (χ2v) is 26.8. The number of hydrogen-bond acceptors (Lipinski definition) is 15. The van der Waals surface area contributed by atoms with Gasteiger partial charge in [0.1, 0.15) is 40.8 Å². The third-order valence-corrected chi connectivity index (χ3v) is 19.3. The molecule has 2 saturated carbocycles. The standard InChI is InChI=1S/C74H84N4O11/c1-17-51-42(5)54-33-56-44(7)53(26-28-61(80)85-16)65(77-56)63-64(67(81)62-45(8)57(78-66(62)63)35-59-52(18-2)43(6)55(76-59)34-58(51)75-54)69(83)88-50-37-71(12,13)74(73(15,39-50)89-74)30-29-47-32-48(87-68(47)82)31-41(4)24-22-20-19-21-23-40(3)25-27-60-70(10,11)36-49(86-46(9)79)38-72(60,14)84/h17,19-25,29-35,44,49-50,53,64,77,81,84H,1,18,26,28,36-39H2,2-16H3/b21-19+,22-20+,30-29+,40-23+,41-24+,48-31-,56-33?,58-34?,59-35?,65-63?/t27?,44-,49-,50-,53-,64+,72+,73+,74-/m0/s1. The van der Waals surface area contributed by atoms with E-state index >= 15 is 4.79 Å². The van der Waals surface area contributed by atoms with Crippen molar-refractivity contribution in [3.8, 4) is 0 Å². The predicted molar refractivity (Wildman–Crippen MR) is 345 cm³/mol. The zero-order chi connectivity index (χ0) is 64.4. The van der Waals surface area contributed by atoms with Gasteiger partial charge in [-0.2, -0.15) is 0 Å². The number of aliphatic hydroxyl groups is 2. The molecular formula is C74H84N4O11. The third kappa shape index (κ3) is 12.0. The van der Waals surface area contributed by atoms with Gasteiger partial charge in [0.05, 0.1) is 52.5 Å². The number of carbonyl (C=O) groups excluding carboxylic acids is 4. The van der Waals surface area contributed by atoms with E-state index in [4.69, 9.17) is 38.7 Å². The van der Waals surface area contributed by atoms with E-state index in [9.17, 15) is 24.6 Å². The topological polar surface area (TPSA) is 207 Å². The first-order valence-electron chi connectivity index (χ1n) is 31.0. The van der Waals surface area contributed by atoms with Gasteiger partial charge in [0, 0.05) is 77.1 Å². The second kappa shape index (κ2) is 23.9. The Hall–Kier alpha value is -8.23. The third-order valence-electron chi connectivity index (χ3n) is 19.3. The molecule has 10 aliphatic rings. The molecule has 0 aromatic carbocycles. The van der Waals surface area contributed by atoms with Gasteiger partial charge in [0.25, 0.3) is 0 Å². The van der Waals surface area contributed by atoms with Crippen molar-refractivity contribution in [1.29, 1.82) is 0 Å². The summed E-state index contributed by atoms with van der Waals surface area (Å²) in [5.74, 6) is -3.32. The number of cyclic esters (lactones) is 1. The summed E-state index contributed by atoms with van der Waals surface area (Å²) in [5.41, 5.74) is 13.8. The smallest absolute Gasteiger partial charge is 0.343 e. The van der Waals surface area contributed by atoms with Gasteiger partial charge in [-0.05, 0) is 162 Å². The highest BCUT2D eigenvalue weighted by molar-refractivity contribution is 6.24. The number of aliphatic imine (C=N–C) groups is 3. The Morgan fingerprint density at radius 3 is 2.20 bits per heavy atom. The average Bonchev–Trinajstić information content (AvgIpc) is 1.51. The molecule has 7 aliphatic heterocycles. The zero-order valence-corrected chi connectivity index (χ0v) is 54.1. The zero-order valence-electron chi connectivity index (χ0n) is 54.1. The molecule has 3 aliphatic carbocycles. The number of allylic oxidation sites excluding steroid dienone is 21. The number of nitrogens with one attached hydrogen (secondary N) is 1. The Labute approximate surface area is 523 Å². The van der Waals surface area contributed by atoms with Gasteiger partial charge >= 0.3 is 23.9 Å². The van der Waals surface area contributed by atoms with E-state index in [1.807, 2.05) is 121 Å². The fourth-order valence-corrected chi connectivity index (χ4v) is 14.9. The molecule has 7 heterocycles. The number of rotatable bonds is 15. The quantitative estimate of drug-likeness (QED) is 0.0460. The molecular weight excluding hydrogens is 1120 g/mol. The molecule has 15 heteroatoms. The van der Waals surface area contributed by atoms with E-state index in [2.05, 4.69) is 52.2 Å². The van der Waals surface area contributed by atoms with Crippen LogP contribution in [0.5, 0.6) is 0 Å². The Morgan fingerprint density at radius 2 is 1.54 bits per heavy atom. The summed E-state index contributed by atoms with van der Waals surface area (Å²) >= 11 is 0. The minimum Gasteiger partial charge on any atom is -0.510 e. The van der Waals surface area contributed by atoms with E-state index in [0.29, 0.717) is 77.3 Å². The number of methoxy groups -OCH3 is 1. The maximum absolute atomic E-state index is 15.3. The number of epoxide rings is 1. The lowest BCUT2D eigenvalue weighted by Gasteiger charge is -2.44. The lowest BCUT2D eigenvalue weighted by Crippen LogP contribution is -2.47. The lowest BCUT2D eigenvalue weighted by molar-refractivity contribution is -0.156. The van der Waals surface area contributed by atoms with Crippen LogP contribution in [0.3, 0.4) is 0 Å². The molecule has 466 valence electrons. The maximum atomic E-state index is 15.3. The van der Waals surface area contributed by atoms with E-state index in [-0.39, 0.29) is 42.1 Å². The van der Waals surface area contributed by atoms with Crippen LogP contribution in [-0.2, 0) is 42.9 Å². The summed E-state index contributed by atoms with van der Waals surface area (Å²) in [6.45, 7) is 31.5. The summed E-state index contributed by atoms with van der Waals surface area (Å²) < 4.78 is 29.6. The monoisotopic (exact) mass is 1200 g/mol. The van der Waals surface area contributed by atoms with Crippen LogP contribution in [0.4, 0.5) is 0 Å². The van der Waals surface area contributed by atoms with E-state index in [1.54, 1.807) is 25.2 Å². The summed E-state index contributed by atoms with van der Waals surface area (Å²) in [6.07, 6.45) is 30.3. The molecule has 15 nitrogen and oxygen atoms in total. The van der Waals surface area contributed by atoms with Crippen molar-refractivity contribution in [2.24, 2.45) is 43.6 Å². The van der Waals surface area contributed by atoms with Crippen LogP contribution < -0.4 is 5.32 Å². The summed E-state index contributed by atoms with van der Waals surface area (Å²) in [4.78, 5) is 68.6. The second-order valence-electron chi connectivity index (χ2n) is 26.8. The fourth-order valence-electron chi connectivity index (χ4n) is 14.9. The molecule has 4 fully saturated rings. The van der Waals surface area contributed by atoms with E-state index < -0.39 is 51.6 Å². The summed E-state index contributed by atoms with van der Waals surface area (Å²) in [7, 11) is 1.37. The molecule has 0 aromatic rings. The highest BCUT2D eigenvalue weighted by Crippen LogP contribution is 2.67. The fraction of sp³-hybridized carbons (Fsp3) is 0.432. The van der Waals surface area contributed by atoms with Crippen LogP contribution in [0.1, 0.15) is 142 Å². The maximum Gasteiger partial charge on any atom is 0.343 e. The largest absolute Gasteiger partial charge is 0.510 e. The summed E-state index contributed by atoms with van der Waals surface area (Å²) in [6, 6.07) is 0. The van der Waals surface area contributed by atoms with Gasteiger partial charge in [-0.1, -0.05) is 90.7 Å². The number of ether oxygens (including phenoxy) is 5. The van der Waals surface area contributed by atoms with Crippen LogP contribution in [0.15, 0.2) is 220 Å². The van der Waals surface area contributed by atoms with Crippen molar-refractivity contribution in [2.45, 2.75) is 171 Å². The number of aliphatic hydroxyl groups excluding tert-OH is 1. The normalized spacial score (nSPS) is 30.8. The predicted octanol–water partition coefficient (Wildman–Crippen LogP) is 13.8. The first-order valence-corrected chi connectivity index (χ1v) is 31.0. The molecule has 2 saturated heterocycles. The molecule has 0 aromatic heterocycles. The first kappa shape index (κ1) is 63.8. The SMILES string of the molecule is C=CC1=C(C)C2=NC1=CC1=NC(=CC3=C(C)C4=C(O)[C@H](C(=O)O[C@H]5CC(C)(C)[C@]6(/C=C/C7=CC(=C/C(C)=C/C=C/C=C/C=C(\C)C=C=C8C(C)(C)C[C@H](OC(C)=O)C[C@@]8(C)O)/OC7=O)O[C@]6(C)C5)C(=C5NC(=C2)[C@@H](C)[C@@H]5CCC(=O)OC)C4=N3)C(CC)=C1C. The molecule has 0 radical (unpaired) electrons. The molecule has 0 spiro atoms. The van der Waals surface area contributed by atoms with Gasteiger partial charge in [0.15, 0.2) is 0 Å². The lowest BCUT2D eigenvalue weighted by atomic mass is 9.63. The Morgan fingerprint density at radius 1 is 0.854 bits per heavy atom. The molecule has 8 bridgehead atoms. The average molecular weight is 1210 g/mol. The van der Waals surface area contributed by atoms with E-state index in [0.717, 1.165) is 73.9 Å². The first-order chi connectivity index (χ1) is 41.9. The number of carbonyl (C=O) groups is 4. The van der Waals surface area contributed by atoms with Crippen molar-refractivity contribution >= 4 is 41.0 Å². The van der Waals surface area contributed by atoms with Gasteiger partial charge in [-0.3, -0.25) is 14.4 Å². The van der Waals surface area contributed by atoms with Crippen molar-refractivity contribution in [2.75, 3.05) is 7.11 Å². The van der Waals surface area contributed by atoms with Gasteiger partial charge < -0.3 is 39.2 Å². The number of esters is 4. The highest BCUT2D eigenvalue weighted by Gasteiger charge is 2.75.